The van der Waals surface area contributed by atoms with Crippen LogP contribution in [0.5, 0.6) is 0 Å². The third-order valence-electron chi connectivity index (χ3n) is 3.41. The number of carbonyl (C=O) groups is 3. The summed E-state index contributed by atoms with van der Waals surface area (Å²) in [5.41, 5.74) is 5.13. The number of likely N-dealkylation sites (tertiary alicyclic amines) is 1. The number of nitrogens with one attached hydrogen (secondary N) is 1. The number of amides is 3. The predicted molar refractivity (Wildman–Crippen MR) is 69.8 cm³/mol. The molecular weight excluding hydrogens is 266 g/mol. The lowest BCUT2D eigenvalue weighted by molar-refractivity contribution is -0.139. The van der Waals surface area contributed by atoms with Crippen LogP contribution >= 0.6 is 0 Å². The average Bonchev–Trinajstić information content (AvgIpc) is 2.38. The van der Waals surface area contributed by atoms with Crippen LogP contribution in [-0.4, -0.2) is 58.8 Å². The average molecular weight is 287 g/mol. The molecule has 1 rings (SSSR count). The molecule has 0 aromatic carbocycles. The number of carboxylic acid groups (broad SMARTS) is 1. The quantitative estimate of drug-likeness (QED) is 0.503. The molecule has 20 heavy (non-hydrogen) atoms. The minimum atomic E-state index is -1.17. The Morgan fingerprint density at radius 2 is 1.90 bits per heavy atom. The second kappa shape index (κ2) is 7.68. The molecule has 3 amide bonds. The Balaban J connectivity index is 2.42. The first-order chi connectivity index (χ1) is 9.43. The van der Waals surface area contributed by atoms with E-state index in [1.165, 1.54) is 4.90 Å². The van der Waals surface area contributed by atoms with Crippen LogP contribution < -0.4 is 11.1 Å². The standard InChI is InChI=1S/C12H21N3O5/c13-10(17)7-8-1-4-15(5-2-8)12(20)14-9(3-6-16)11(18)19/h8-9,16H,1-7H2,(H2,13,17)(H,14,20)(H,18,19)/t9-/m1/s1. The van der Waals surface area contributed by atoms with Crippen molar-refractivity contribution in [3.05, 3.63) is 0 Å². The van der Waals surface area contributed by atoms with E-state index in [4.69, 9.17) is 15.9 Å². The lowest BCUT2D eigenvalue weighted by Gasteiger charge is -2.32. The molecule has 0 radical (unpaired) electrons. The van der Waals surface area contributed by atoms with Crippen molar-refractivity contribution in [3.8, 4) is 0 Å². The molecule has 1 aliphatic rings. The van der Waals surface area contributed by atoms with Crippen molar-refractivity contribution in [2.24, 2.45) is 11.7 Å². The van der Waals surface area contributed by atoms with E-state index >= 15 is 0 Å². The zero-order chi connectivity index (χ0) is 15.1. The van der Waals surface area contributed by atoms with Gasteiger partial charge in [-0.1, -0.05) is 0 Å². The first kappa shape index (κ1) is 16.2. The van der Waals surface area contributed by atoms with Crippen LogP contribution in [0.4, 0.5) is 4.79 Å². The highest BCUT2D eigenvalue weighted by Gasteiger charge is 2.26. The summed E-state index contributed by atoms with van der Waals surface area (Å²) in [5, 5.41) is 20.0. The molecular formula is C12H21N3O5. The number of aliphatic hydroxyl groups is 1. The molecule has 0 unspecified atom stereocenters. The summed E-state index contributed by atoms with van der Waals surface area (Å²) in [4.78, 5) is 35.1. The van der Waals surface area contributed by atoms with Crippen molar-refractivity contribution < 1.29 is 24.6 Å². The molecule has 8 heteroatoms. The molecule has 0 aromatic heterocycles. The van der Waals surface area contributed by atoms with Crippen LogP contribution in [0.15, 0.2) is 0 Å². The van der Waals surface area contributed by atoms with Gasteiger partial charge in [0.15, 0.2) is 0 Å². The second-order valence-electron chi connectivity index (χ2n) is 4.95. The molecule has 0 spiro atoms. The Morgan fingerprint density at radius 3 is 2.35 bits per heavy atom. The van der Waals surface area contributed by atoms with Gasteiger partial charge in [-0.25, -0.2) is 9.59 Å². The molecule has 1 saturated heterocycles. The molecule has 0 aliphatic carbocycles. The molecule has 5 N–H and O–H groups in total. The molecule has 1 fully saturated rings. The Morgan fingerprint density at radius 1 is 1.30 bits per heavy atom. The van der Waals surface area contributed by atoms with Crippen molar-refractivity contribution in [2.45, 2.75) is 31.7 Å². The first-order valence-electron chi connectivity index (χ1n) is 6.61. The highest BCUT2D eigenvalue weighted by atomic mass is 16.4. The van der Waals surface area contributed by atoms with Gasteiger partial charge in [-0.05, 0) is 18.8 Å². The summed E-state index contributed by atoms with van der Waals surface area (Å²) in [5.74, 6) is -1.33. The zero-order valence-corrected chi connectivity index (χ0v) is 11.2. The van der Waals surface area contributed by atoms with Crippen LogP contribution in [0.25, 0.3) is 0 Å². The summed E-state index contributed by atoms with van der Waals surface area (Å²) < 4.78 is 0. The van der Waals surface area contributed by atoms with Crippen molar-refractivity contribution in [1.29, 1.82) is 0 Å². The number of hydrogen-bond donors (Lipinski definition) is 4. The molecule has 0 bridgehead atoms. The largest absolute Gasteiger partial charge is 0.480 e. The van der Waals surface area contributed by atoms with E-state index in [1.807, 2.05) is 0 Å². The van der Waals surface area contributed by atoms with Gasteiger partial charge in [-0.3, -0.25) is 4.79 Å². The Hall–Kier alpha value is -1.83. The maximum atomic E-state index is 11.9. The van der Waals surface area contributed by atoms with E-state index in [0.29, 0.717) is 32.4 Å². The lowest BCUT2D eigenvalue weighted by atomic mass is 9.93. The zero-order valence-electron chi connectivity index (χ0n) is 11.2. The van der Waals surface area contributed by atoms with Gasteiger partial charge >= 0.3 is 12.0 Å². The highest BCUT2D eigenvalue weighted by molar-refractivity contribution is 5.82. The molecule has 1 aliphatic heterocycles. The van der Waals surface area contributed by atoms with Gasteiger partial charge in [0.25, 0.3) is 0 Å². The smallest absolute Gasteiger partial charge is 0.326 e. The van der Waals surface area contributed by atoms with Crippen LogP contribution in [-0.2, 0) is 9.59 Å². The van der Waals surface area contributed by atoms with Crippen molar-refractivity contribution in [3.63, 3.8) is 0 Å². The SMILES string of the molecule is NC(=O)CC1CCN(C(=O)N[C@H](CCO)C(=O)O)CC1. The van der Waals surface area contributed by atoms with Gasteiger partial charge in [0.1, 0.15) is 6.04 Å². The number of hydrogen-bond acceptors (Lipinski definition) is 4. The van der Waals surface area contributed by atoms with Gasteiger partial charge < -0.3 is 26.2 Å². The number of carboxylic acids is 1. The normalized spacial score (nSPS) is 17.6. The number of carbonyl (C=O) groups excluding carboxylic acids is 2. The molecule has 114 valence electrons. The summed E-state index contributed by atoms with van der Waals surface area (Å²) in [6, 6.07) is -1.54. The van der Waals surface area contributed by atoms with Gasteiger partial charge in [0, 0.05) is 32.5 Å². The Labute approximate surface area is 116 Å². The van der Waals surface area contributed by atoms with Crippen LogP contribution in [0.2, 0.25) is 0 Å². The third kappa shape index (κ3) is 5.04. The topological polar surface area (TPSA) is 133 Å². The van der Waals surface area contributed by atoms with Crippen molar-refractivity contribution in [2.75, 3.05) is 19.7 Å². The highest BCUT2D eigenvalue weighted by Crippen LogP contribution is 2.20. The molecule has 1 atom stereocenters. The van der Waals surface area contributed by atoms with Crippen LogP contribution in [0, 0.1) is 5.92 Å². The second-order valence-corrected chi connectivity index (χ2v) is 4.95. The number of rotatable bonds is 6. The minimum absolute atomic E-state index is 0.0286. The number of nitrogens with two attached hydrogens (primary N) is 1. The fourth-order valence-electron chi connectivity index (χ4n) is 2.25. The fourth-order valence-corrected chi connectivity index (χ4v) is 2.25. The number of piperidine rings is 1. The van der Waals surface area contributed by atoms with E-state index in [2.05, 4.69) is 5.32 Å². The summed E-state index contributed by atoms with van der Waals surface area (Å²) >= 11 is 0. The van der Waals surface area contributed by atoms with Gasteiger partial charge in [0.05, 0.1) is 0 Å². The molecule has 0 saturated carbocycles. The Bertz CT molecular complexity index is 366. The maximum absolute atomic E-state index is 11.9. The lowest BCUT2D eigenvalue weighted by Crippen LogP contribution is -2.50. The molecule has 0 aromatic rings. The van der Waals surface area contributed by atoms with Gasteiger partial charge in [-0.15, -0.1) is 0 Å². The van der Waals surface area contributed by atoms with Gasteiger partial charge in [-0.2, -0.15) is 0 Å². The maximum Gasteiger partial charge on any atom is 0.326 e. The van der Waals surface area contributed by atoms with Crippen LogP contribution in [0.1, 0.15) is 25.7 Å². The molecule has 1 heterocycles. The monoisotopic (exact) mass is 287 g/mol. The van der Waals surface area contributed by atoms with E-state index < -0.39 is 18.0 Å². The fraction of sp³-hybridized carbons (Fsp3) is 0.750. The third-order valence-corrected chi connectivity index (χ3v) is 3.41. The first-order valence-corrected chi connectivity index (χ1v) is 6.61. The molecule has 8 nitrogen and oxygen atoms in total. The van der Waals surface area contributed by atoms with E-state index in [1.54, 1.807) is 0 Å². The van der Waals surface area contributed by atoms with Crippen molar-refractivity contribution in [1.82, 2.24) is 10.2 Å². The Kier molecular flexibility index (Phi) is 6.23. The number of urea groups is 1. The summed E-state index contributed by atoms with van der Waals surface area (Å²) in [7, 11) is 0. The van der Waals surface area contributed by atoms with Gasteiger partial charge in [0.2, 0.25) is 5.91 Å². The van der Waals surface area contributed by atoms with Crippen molar-refractivity contribution >= 4 is 17.9 Å². The van der Waals surface area contributed by atoms with E-state index in [-0.39, 0.29) is 24.9 Å². The minimum Gasteiger partial charge on any atom is -0.480 e. The summed E-state index contributed by atoms with van der Waals surface area (Å²) in [6.45, 7) is 0.627. The number of nitrogens with zero attached hydrogens (tertiary/aromatic N) is 1. The number of aliphatic hydroxyl groups excluding tert-OH is 1. The van der Waals surface area contributed by atoms with E-state index in [0.717, 1.165) is 0 Å². The summed E-state index contributed by atoms with van der Waals surface area (Å²) in [6.07, 6.45) is 1.64. The van der Waals surface area contributed by atoms with E-state index in [9.17, 15) is 14.4 Å². The number of primary amides is 1. The predicted octanol–water partition coefficient (Wildman–Crippen LogP) is -0.881. The number of aliphatic carboxylic acids is 1. The van der Waals surface area contributed by atoms with Crippen LogP contribution in [0.3, 0.4) is 0 Å².